The zero-order chi connectivity index (χ0) is 14.2. The van der Waals surface area contributed by atoms with Crippen molar-refractivity contribution < 1.29 is 0 Å². The monoisotopic (exact) mass is 278 g/mol. The molecule has 0 aromatic heterocycles. The molecule has 100 valence electrons. The van der Waals surface area contributed by atoms with Crippen LogP contribution in [0.4, 0.5) is 0 Å². The van der Waals surface area contributed by atoms with Gasteiger partial charge < -0.3 is 0 Å². The first-order valence-corrected chi connectivity index (χ1v) is 7.54. The Morgan fingerprint density at radius 1 is 0.950 bits per heavy atom. The second kappa shape index (κ2) is 7.56. The van der Waals surface area contributed by atoms with Crippen LogP contribution in [0.25, 0.3) is 5.57 Å². The van der Waals surface area contributed by atoms with Gasteiger partial charge in [0.1, 0.15) is 0 Å². The van der Waals surface area contributed by atoms with E-state index in [9.17, 15) is 0 Å². The van der Waals surface area contributed by atoms with Crippen molar-refractivity contribution in [3.8, 4) is 0 Å². The molecule has 0 spiro atoms. The van der Waals surface area contributed by atoms with E-state index >= 15 is 0 Å². The summed E-state index contributed by atoms with van der Waals surface area (Å²) < 4.78 is 0. The van der Waals surface area contributed by atoms with E-state index in [1.165, 1.54) is 16.0 Å². The molecule has 0 aliphatic heterocycles. The molecule has 0 aliphatic carbocycles. The molecular weight excluding hydrogens is 260 g/mol. The molecule has 0 bridgehead atoms. The molecule has 0 saturated heterocycles. The molecule has 0 atom stereocenters. The lowest BCUT2D eigenvalue weighted by Crippen LogP contribution is -1.82. The second-order valence-electron chi connectivity index (χ2n) is 4.36. The Bertz CT molecular complexity index is 591. The van der Waals surface area contributed by atoms with Crippen molar-refractivity contribution in [1.82, 2.24) is 0 Å². The van der Waals surface area contributed by atoms with E-state index in [1.54, 1.807) is 6.08 Å². The van der Waals surface area contributed by atoms with Crippen molar-refractivity contribution in [2.45, 2.75) is 10.6 Å². The van der Waals surface area contributed by atoms with Gasteiger partial charge in [-0.1, -0.05) is 73.9 Å². The smallest absolute Gasteiger partial charge is 0.0231 e. The fourth-order valence-electron chi connectivity index (χ4n) is 1.89. The summed E-state index contributed by atoms with van der Waals surface area (Å²) in [6.45, 7) is 7.56. The molecule has 2 aromatic rings. The number of allylic oxidation sites excluding steroid dienone is 4. The van der Waals surface area contributed by atoms with Crippen LogP contribution in [0.2, 0.25) is 0 Å². The van der Waals surface area contributed by atoms with E-state index in [0.717, 1.165) is 11.3 Å². The summed E-state index contributed by atoms with van der Waals surface area (Å²) in [5, 5.41) is 0. The van der Waals surface area contributed by atoms with E-state index in [1.807, 2.05) is 30.0 Å². The Morgan fingerprint density at radius 2 is 1.65 bits per heavy atom. The van der Waals surface area contributed by atoms with Crippen molar-refractivity contribution in [2.75, 3.05) is 0 Å². The zero-order valence-electron chi connectivity index (χ0n) is 11.5. The quantitative estimate of drug-likeness (QED) is 0.480. The highest BCUT2D eigenvalue weighted by Crippen LogP contribution is 2.25. The van der Waals surface area contributed by atoms with Gasteiger partial charge in [-0.3, -0.25) is 0 Å². The summed E-state index contributed by atoms with van der Waals surface area (Å²) in [7, 11) is 0. The highest BCUT2D eigenvalue weighted by atomic mass is 32.2. The molecule has 0 heterocycles. The first-order chi connectivity index (χ1) is 9.83. The molecule has 0 nitrogen and oxygen atoms in total. The van der Waals surface area contributed by atoms with Gasteiger partial charge in [0, 0.05) is 10.6 Å². The number of hydrogen-bond donors (Lipinski definition) is 0. The van der Waals surface area contributed by atoms with Crippen LogP contribution in [0.5, 0.6) is 0 Å². The van der Waals surface area contributed by atoms with E-state index in [4.69, 9.17) is 0 Å². The summed E-state index contributed by atoms with van der Waals surface area (Å²) in [6, 6.07) is 19.1. The van der Waals surface area contributed by atoms with Crippen molar-refractivity contribution in [2.24, 2.45) is 0 Å². The summed E-state index contributed by atoms with van der Waals surface area (Å²) >= 11 is 1.85. The average molecular weight is 278 g/mol. The molecule has 20 heavy (non-hydrogen) atoms. The SMILES string of the molecule is C=C/C=C(\C=C)c1ccc(SCc2ccccc2)cc1. The van der Waals surface area contributed by atoms with Crippen LogP contribution >= 0.6 is 11.8 Å². The summed E-state index contributed by atoms with van der Waals surface area (Å²) in [6.07, 6.45) is 5.61. The van der Waals surface area contributed by atoms with Gasteiger partial charge in [-0.05, 0) is 28.8 Å². The van der Waals surface area contributed by atoms with E-state index in [2.05, 4.69) is 61.7 Å². The number of benzene rings is 2. The average Bonchev–Trinajstić information content (AvgIpc) is 2.52. The molecule has 1 heteroatoms. The Morgan fingerprint density at radius 3 is 2.25 bits per heavy atom. The van der Waals surface area contributed by atoms with Crippen LogP contribution in [0.3, 0.4) is 0 Å². The normalized spacial score (nSPS) is 11.1. The molecule has 2 rings (SSSR count). The molecule has 0 saturated carbocycles. The standard InChI is InChI=1S/C19H18S/c1-3-8-17(4-2)18-11-13-19(14-12-18)20-15-16-9-6-5-7-10-16/h3-14H,1-2,15H2/b17-8+. The number of thioether (sulfide) groups is 1. The lowest BCUT2D eigenvalue weighted by Gasteiger charge is -2.05. The maximum absolute atomic E-state index is 3.83. The van der Waals surface area contributed by atoms with Gasteiger partial charge in [0.2, 0.25) is 0 Å². The largest absolute Gasteiger partial charge is 0.121 e. The Labute approximate surface area is 125 Å². The predicted molar refractivity (Wildman–Crippen MR) is 90.8 cm³/mol. The van der Waals surface area contributed by atoms with Gasteiger partial charge >= 0.3 is 0 Å². The lowest BCUT2D eigenvalue weighted by molar-refractivity contribution is 1.38. The van der Waals surface area contributed by atoms with Crippen LogP contribution in [0.1, 0.15) is 11.1 Å². The van der Waals surface area contributed by atoms with E-state index < -0.39 is 0 Å². The highest BCUT2D eigenvalue weighted by Gasteiger charge is 1.99. The van der Waals surface area contributed by atoms with Crippen LogP contribution in [-0.4, -0.2) is 0 Å². The van der Waals surface area contributed by atoms with Gasteiger partial charge in [0.15, 0.2) is 0 Å². The van der Waals surface area contributed by atoms with Crippen molar-refractivity contribution in [3.63, 3.8) is 0 Å². The molecule has 0 unspecified atom stereocenters. The molecule has 0 amide bonds. The minimum Gasteiger partial charge on any atom is -0.121 e. The van der Waals surface area contributed by atoms with Crippen molar-refractivity contribution in [3.05, 3.63) is 97.1 Å². The van der Waals surface area contributed by atoms with Crippen LogP contribution in [0, 0.1) is 0 Å². The molecule has 0 radical (unpaired) electrons. The molecule has 0 N–H and O–H groups in total. The van der Waals surface area contributed by atoms with E-state index in [-0.39, 0.29) is 0 Å². The van der Waals surface area contributed by atoms with Gasteiger partial charge in [-0.2, -0.15) is 0 Å². The first kappa shape index (κ1) is 14.4. The molecule has 2 aromatic carbocycles. The maximum Gasteiger partial charge on any atom is 0.0231 e. The summed E-state index contributed by atoms with van der Waals surface area (Å²) in [4.78, 5) is 1.28. The third-order valence-electron chi connectivity index (χ3n) is 2.95. The maximum atomic E-state index is 3.83. The van der Waals surface area contributed by atoms with Gasteiger partial charge in [0.05, 0.1) is 0 Å². The molecular formula is C19H18S. The topological polar surface area (TPSA) is 0 Å². The van der Waals surface area contributed by atoms with Gasteiger partial charge in [0.25, 0.3) is 0 Å². The van der Waals surface area contributed by atoms with Crippen molar-refractivity contribution in [1.29, 1.82) is 0 Å². The van der Waals surface area contributed by atoms with Gasteiger partial charge in [-0.15, -0.1) is 11.8 Å². The third kappa shape index (κ3) is 4.01. The highest BCUT2D eigenvalue weighted by molar-refractivity contribution is 7.98. The lowest BCUT2D eigenvalue weighted by atomic mass is 10.1. The molecule has 0 aliphatic rings. The van der Waals surface area contributed by atoms with Gasteiger partial charge in [-0.25, -0.2) is 0 Å². The second-order valence-corrected chi connectivity index (χ2v) is 5.41. The zero-order valence-corrected chi connectivity index (χ0v) is 12.3. The number of rotatable bonds is 6. The van der Waals surface area contributed by atoms with Crippen LogP contribution < -0.4 is 0 Å². The Balaban J connectivity index is 2.03. The Kier molecular flexibility index (Phi) is 5.45. The third-order valence-corrected chi connectivity index (χ3v) is 4.04. The number of hydrogen-bond acceptors (Lipinski definition) is 1. The first-order valence-electron chi connectivity index (χ1n) is 6.56. The minimum absolute atomic E-state index is 0.997. The fraction of sp³-hybridized carbons (Fsp3) is 0.0526. The van der Waals surface area contributed by atoms with E-state index in [0.29, 0.717) is 0 Å². The fourth-order valence-corrected chi connectivity index (χ4v) is 2.75. The van der Waals surface area contributed by atoms with Crippen LogP contribution in [-0.2, 0) is 5.75 Å². The minimum atomic E-state index is 0.997. The summed E-state index contributed by atoms with van der Waals surface area (Å²) in [5.41, 5.74) is 3.61. The predicted octanol–water partition coefficient (Wildman–Crippen LogP) is 5.73. The van der Waals surface area contributed by atoms with Crippen LogP contribution in [0.15, 0.2) is 90.9 Å². The summed E-state index contributed by atoms with van der Waals surface area (Å²) in [5.74, 6) is 0.997. The Hall–Kier alpha value is -1.99. The van der Waals surface area contributed by atoms with Crippen molar-refractivity contribution >= 4 is 17.3 Å². The molecule has 0 fully saturated rings.